The number of ether oxygens (including phenoxy) is 1. The highest BCUT2D eigenvalue weighted by atomic mass is 32.1. The van der Waals surface area contributed by atoms with Crippen molar-refractivity contribution in [3.8, 4) is 0 Å². The van der Waals surface area contributed by atoms with Crippen molar-refractivity contribution in [3.63, 3.8) is 0 Å². The minimum absolute atomic E-state index is 0.818. The number of morpholine rings is 1. The van der Waals surface area contributed by atoms with Crippen LogP contribution in [0, 0.1) is 0 Å². The maximum Gasteiger partial charge on any atom is 0.0642 e. The molecule has 1 aromatic carbocycles. The normalized spacial score (nSPS) is 15.5. The van der Waals surface area contributed by atoms with Crippen LogP contribution in [0.15, 0.2) is 41.1 Å². The number of hydrogen-bond donors (Lipinski definition) is 1. The highest BCUT2D eigenvalue weighted by Crippen LogP contribution is 2.26. The summed E-state index contributed by atoms with van der Waals surface area (Å²) in [7, 11) is 0. The topological polar surface area (TPSA) is 24.5 Å². The van der Waals surface area contributed by atoms with E-state index in [2.05, 4.69) is 51.3 Å². The van der Waals surface area contributed by atoms with Gasteiger partial charge in [0.05, 0.1) is 24.6 Å². The van der Waals surface area contributed by atoms with Crippen LogP contribution in [-0.4, -0.2) is 26.3 Å². The average Bonchev–Trinajstić information content (AvgIpc) is 3.00. The van der Waals surface area contributed by atoms with E-state index < -0.39 is 0 Å². The summed E-state index contributed by atoms with van der Waals surface area (Å²) in [5, 5.41) is 7.84. The van der Waals surface area contributed by atoms with Crippen molar-refractivity contribution in [1.29, 1.82) is 0 Å². The first kappa shape index (κ1) is 12.5. The molecule has 2 heterocycles. The Balaban J connectivity index is 1.73. The van der Waals surface area contributed by atoms with Crippen LogP contribution in [0.1, 0.15) is 5.56 Å². The predicted octanol–water partition coefficient (Wildman–Crippen LogP) is 3.20. The van der Waals surface area contributed by atoms with Crippen LogP contribution in [-0.2, 0) is 11.3 Å². The number of para-hydroxylation sites is 2. The molecule has 1 aromatic heterocycles. The van der Waals surface area contributed by atoms with Gasteiger partial charge in [-0.1, -0.05) is 12.1 Å². The first-order valence-electron chi connectivity index (χ1n) is 6.60. The number of hydrogen-bond acceptors (Lipinski definition) is 4. The van der Waals surface area contributed by atoms with Gasteiger partial charge in [0.1, 0.15) is 0 Å². The zero-order valence-corrected chi connectivity index (χ0v) is 11.7. The molecule has 1 fully saturated rings. The van der Waals surface area contributed by atoms with E-state index in [4.69, 9.17) is 4.74 Å². The molecule has 2 aromatic rings. The fourth-order valence-corrected chi connectivity index (χ4v) is 2.96. The molecule has 4 heteroatoms. The molecule has 19 heavy (non-hydrogen) atoms. The van der Waals surface area contributed by atoms with E-state index in [1.807, 2.05) is 0 Å². The van der Waals surface area contributed by atoms with Crippen molar-refractivity contribution < 1.29 is 4.74 Å². The predicted molar refractivity (Wildman–Crippen MR) is 81.1 cm³/mol. The lowest BCUT2D eigenvalue weighted by Crippen LogP contribution is -2.36. The zero-order valence-electron chi connectivity index (χ0n) is 10.8. The van der Waals surface area contributed by atoms with Gasteiger partial charge in [0.2, 0.25) is 0 Å². The van der Waals surface area contributed by atoms with Crippen molar-refractivity contribution in [3.05, 3.63) is 46.7 Å². The average molecular weight is 274 g/mol. The third-order valence-electron chi connectivity index (χ3n) is 3.32. The van der Waals surface area contributed by atoms with Crippen LogP contribution in [0.5, 0.6) is 0 Å². The second-order valence-corrected chi connectivity index (χ2v) is 5.38. The molecule has 0 saturated carbocycles. The molecule has 0 spiro atoms. The molecular formula is C15H18N2OS. The minimum Gasteiger partial charge on any atom is -0.379 e. The van der Waals surface area contributed by atoms with E-state index in [-0.39, 0.29) is 0 Å². The largest absolute Gasteiger partial charge is 0.379 e. The second kappa shape index (κ2) is 6.08. The lowest BCUT2D eigenvalue weighted by molar-refractivity contribution is 0.123. The monoisotopic (exact) mass is 274 g/mol. The molecule has 0 amide bonds. The third-order valence-corrected chi connectivity index (χ3v) is 4.05. The first-order chi connectivity index (χ1) is 9.43. The lowest BCUT2D eigenvalue weighted by atomic mass is 10.2. The minimum atomic E-state index is 0.818. The van der Waals surface area contributed by atoms with E-state index in [1.165, 1.54) is 16.9 Å². The first-order valence-corrected chi connectivity index (χ1v) is 7.54. The summed E-state index contributed by atoms with van der Waals surface area (Å²) in [5.41, 5.74) is 3.82. The van der Waals surface area contributed by atoms with Crippen LogP contribution >= 0.6 is 11.3 Å². The number of nitrogens with zero attached hydrogens (tertiary/aromatic N) is 1. The Bertz CT molecular complexity index is 507. The molecule has 0 radical (unpaired) electrons. The standard InChI is InChI=1S/C15H18N2OS/c1-2-4-15(17-6-8-18-9-7-17)14(3-1)16-11-13-5-10-19-12-13/h1-5,10,12,16H,6-9,11H2. The fraction of sp³-hybridized carbons (Fsp3) is 0.333. The number of nitrogens with one attached hydrogen (secondary N) is 1. The summed E-state index contributed by atoms with van der Waals surface area (Å²) in [4.78, 5) is 2.39. The van der Waals surface area contributed by atoms with Crippen molar-refractivity contribution >= 4 is 22.7 Å². The van der Waals surface area contributed by atoms with Crippen LogP contribution in [0.3, 0.4) is 0 Å². The number of benzene rings is 1. The molecule has 0 unspecified atom stereocenters. The van der Waals surface area contributed by atoms with Gasteiger partial charge >= 0.3 is 0 Å². The highest BCUT2D eigenvalue weighted by Gasteiger charge is 2.14. The Labute approximate surface area is 117 Å². The molecule has 100 valence electrons. The molecular weight excluding hydrogens is 256 g/mol. The molecule has 1 N–H and O–H groups in total. The SMILES string of the molecule is c1ccc(N2CCOCC2)c(NCc2ccsc2)c1. The molecule has 3 nitrogen and oxygen atoms in total. The highest BCUT2D eigenvalue weighted by molar-refractivity contribution is 7.07. The summed E-state index contributed by atoms with van der Waals surface area (Å²) in [6.45, 7) is 4.46. The quantitative estimate of drug-likeness (QED) is 0.926. The van der Waals surface area contributed by atoms with Crippen molar-refractivity contribution in [2.24, 2.45) is 0 Å². The Hall–Kier alpha value is -1.52. The molecule has 0 bridgehead atoms. The molecule has 3 rings (SSSR count). The molecule has 1 saturated heterocycles. The Morgan fingerprint density at radius 3 is 2.79 bits per heavy atom. The maximum atomic E-state index is 5.42. The van der Waals surface area contributed by atoms with Gasteiger partial charge < -0.3 is 15.0 Å². The van der Waals surface area contributed by atoms with Crippen LogP contribution in [0.25, 0.3) is 0 Å². The summed E-state index contributed by atoms with van der Waals surface area (Å²) >= 11 is 1.74. The maximum absolute atomic E-state index is 5.42. The van der Waals surface area contributed by atoms with Crippen LogP contribution in [0.2, 0.25) is 0 Å². The second-order valence-electron chi connectivity index (χ2n) is 4.60. The third kappa shape index (κ3) is 3.08. The summed E-state index contributed by atoms with van der Waals surface area (Å²) in [5.74, 6) is 0. The van der Waals surface area contributed by atoms with Gasteiger partial charge in [-0.25, -0.2) is 0 Å². The molecule has 0 atom stereocenters. The van der Waals surface area contributed by atoms with E-state index in [9.17, 15) is 0 Å². The van der Waals surface area contributed by atoms with E-state index >= 15 is 0 Å². The fourth-order valence-electron chi connectivity index (χ4n) is 2.29. The Morgan fingerprint density at radius 1 is 1.16 bits per heavy atom. The summed E-state index contributed by atoms with van der Waals surface area (Å²) in [6, 6.07) is 10.7. The van der Waals surface area contributed by atoms with Gasteiger partial charge in [0.25, 0.3) is 0 Å². The molecule has 1 aliphatic heterocycles. The van der Waals surface area contributed by atoms with Gasteiger partial charge in [-0.05, 0) is 34.5 Å². The number of rotatable bonds is 4. The summed E-state index contributed by atoms with van der Waals surface area (Å²) < 4.78 is 5.42. The van der Waals surface area contributed by atoms with E-state index in [1.54, 1.807) is 11.3 Å². The zero-order chi connectivity index (χ0) is 12.9. The number of thiophene rings is 1. The summed E-state index contributed by atoms with van der Waals surface area (Å²) in [6.07, 6.45) is 0. The van der Waals surface area contributed by atoms with Crippen LogP contribution < -0.4 is 10.2 Å². The smallest absolute Gasteiger partial charge is 0.0642 e. The Kier molecular flexibility index (Phi) is 4.01. The molecule has 1 aliphatic rings. The van der Waals surface area contributed by atoms with Gasteiger partial charge in [-0.15, -0.1) is 0 Å². The van der Waals surface area contributed by atoms with Gasteiger partial charge in [0, 0.05) is 19.6 Å². The van der Waals surface area contributed by atoms with Crippen molar-refractivity contribution in [2.75, 3.05) is 36.5 Å². The Morgan fingerprint density at radius 2 is 2.00 bits per heavy atom. The molecule has 0 aliphatic carbocycles. The van der Waals surface area contributed by atoms with Crippen molar-refractivity contribution in [1.82, 2.24) is 0 Å². The van der Waals surface area contributed by atoms with Gasteiger partial charge in [-0.3, -0.25) is 0 Å². The van der Waals surface area contributed by atoms with Crippen LogP contribution in [0.4, 0.5) is 11.4 Å². The van der Waals surface area contributed by atoms with E-state index in [0.717, 1.165) is 32.8 Å². The van der Waals surface area contributed by atoms with Gasteiger partial charge in [-0.2, -0.15) is 11.3 Å². The number of anilines is 2. The van der Waals surface area contributed by atoms with E-state index in [0.29, 0.717) is 0 Å². The van der Waals surface area contributed by atoms with Gasteiger partial charge in [0.15, 0.2) is 0 Å². The van der Waals surface area contributed by atoms with Crippen molar-refractivity contribution in [2.45, 2.75) is 6.54 Å². The lowest BCUT2D eigenvalue weighted by Gasteiger charge is -2.30.